The van der Waals surface area contributed by atoms with E-state index in [1.54, 1.807) is 6.92 Å². The molecule has 0 heterocycles. The predicted octanol–water partition coefficient (Wildman–Crippen LogP) is 6.88. The summed E-state index contributed by atoms with van der Waals surface area (Å²) in [6, 6.07) is 0. The highest BCUT2D eigenvalue weighted by atomic mass is 79.9. The summed E-state index contributed by atoms with van der Waals surface area (Å²) in [6.45, 7) is 11.0. The number of fused-ring (bicyclic) bond motifs is 5. The van der Waals surface area contributed by atoms with E-state index in [0.717, 1.165) is 32.1 Å². The minimum Gasteiger partial charge on any atom is -0.462 e. The van der Waals surface area contributed by atoms with Crippen LogP contribution in [0.5, 0.6) is 0 Å². The van der Waals surface area contributed by atoms with Crippen molar-refractivity contribution < 1.29 is 14.3 Å². The number of Topliss-reactive ketones (excluding diaryl/α,β-unsaturated/α-hetero) is 1. The second kappa shape index (κ2) is 8.61. The predicted molar refractivity (Wildman–Crippen MR) is 128 cm³/mol. The molecule has 174 valence electrons. The summed E-state index contributed by atoms with van der Waals surface area (Å²) in [6.07, 6.45) is 11.6. The molecule has 31 heavy (non-hydrogen) atoms. The number of alkyl halides is 1. The van der Waals surface area contributed by atoms with Crippen molar-refractivity contribution in [3.05, 3.63) is 11.6 Å². The van der Waals surface area contributed by atoms with E-state index in [-0.39, 0.29) is 28.8 Å². The summed E-state index contributed by atoms with van der Waals surface area (Å²) < 4.78 is 5.90. The topological polar surface area (TPSA) is 43.4 Å². The lowest BCUT2D eigenvalue weighted by Crippen LogP contribution is -2.54. The lowest BCUT2D eigenvalue weighted by molar-refractivity contribution is -0.152. The Morgan fingerprint density at radius 2 is 1.87 bits per heavy atom. The first-order chi connectivity index (χ1) is 14.6. The Kier molecular flexibility index (Phi) is 6.53. The second-order valence-corrected chi connectivity index (χ2v) is 13.0. The third-order valence-electron chi connectivity index (χ3n) is 9.76. The van der Waals surface area contributed by atoms with Gasteiger partial charge in [-0.05, 0) is 86.4 Å². The zero-order valence-corrected chi connectivity index (χ0v) is 21.7. The summed E-state index contributed by atoms with van der Waals surface area (Å²) in [5.74, 6) is 3.06. The van der Waals surface area contributed by atoms with E-state index < -0.39 is 0 Å². The largest absolute Gasteiger partial charge is 0.462 e. The van der Waals surface area contributed by atoms with Gasteiger partial charge in [-0.3, -0.25) is 9.59 Å². The molecule has 0 aromatic carbocycles. The molecule has 0 aromatic heterocycles. The van der Waals surface area contributed by atoms with E-state index in [9.17, 15) is 9.59 Å². The summed E-state index contributed by atoms with van der Waals surface area (Å²) in [4.78, 5) is 25.1. The standard InChI is InChI=1S/C27H41BrO3/c1-16(2)6-9-24(30)31-19-10-12-26(4)18(14-19)15-23(28)25-21-8-7-20(17(3)29)27(21,5)13-11-22(25)26/h15-16,19-23,25H,6-14H2,1-5H3/t19-,20?,21?,22?,23?,25?,26-,27+/m0/s1. The number of carbonyl (C=O) groups excluding carboxylic acids is 2. The van der Waals surface area contributed by atoms with Crippen molar-refractivity contribution in [2.24, 2.45) is 40.4 Å². The number of allylic oxidation sites excluding steroid dienone is 1. The van der Waals surface area contributed by atoms with E-state index in [1.807, 2.05) is 0 Å². The Hall–Kier alpha value is -0.640. The van der Waals surface area contributed by atoms with Gasteiger partial charge in [-0.25, -0.2) is 0 Å². The van der Waals surface area contributed by atoms with Crippen molar-refractivity contribution >= 4 is 27.7 Å². The first kappa shape index (κ1) is 23.5. The number of carbonyl (C=O) groups is 2. The molecule has 0 bridgehead atoms. The fraction of sp³-hybridized carbons (Fsp3) is 0.852. The molecule has 8 atom stereocenters. The lowest BCUT2D eigenvalue weighted by atomic mass is 9.47. The first-order valence-corrected chi connectivity index (χ1v) is 13.5. The van der Waals surface area contributed by atoms with Crippen LogP contribution in [0, 0.1) is 40.4 Å². The Bertz CT molecular complexity index is 758. The average molecular weight is 494 g/mol. The van der Waals surface area contributed by atoms with Gasteiger partial charge in [0.15, 0.2) is 0 Å². The SMILES string of the molecule is CC(=O)C1CCC2C3C(Br)C=C4C[C@@H](OC(=O)CCC(C)C)CC[C@]4(C)C3CC[C@]12C. The average Bonchev–Trinajstić information content (AvgIpc) is 3.05. The molecule has 0 N–H and O–H groups in total. The van der Waals surface area contributed by atoms with Gasteiger partial charge >= 0.3 is 5.97 Å². The van der Waals surface area contributed by atoms with Gasteiger partial charge in [-0.15, -0.1) is 0 Å². The minimum atomic E-state index is -0.0263. The number of ketones is 1. The second-order valence-electron chi connectivity index (χ2n) is 11.9. The number of esters is 1. The molecule has 5 unspecified atom stereocenters. The molecule has 0 aliphatic heterocycles. The van der Waals surface area contributed by atoms with E-state index >= 15 is 0 Å². The van der Waals surface area contributed by atoms with Crippen molar-refractivity contribution in [2.45, 2.75) is 103 Å². The van der Waals surface area contributed by atoms with Crippen LogP contribution in [0.3, 0.4) is 0 Å². The van der Waals surface area contributed by atoms with Crippen LogP contribution in [0.25, 0.3) is 0 Å². The number of ether oxygens (including phenoxy) is 1. The van der Waals surface area contributed by atoms with Gasteiger partial charge in [0.2, 0.25) is 0 Å². The van der Waals surface area contributed by atoms with Crippen molar-refractivity contribution in [3.63, 3.8) is 0 Å². The van der Waals surface area contributed by atoms with Crippen molar-refractivity contribution in [1.82, 2.24) is 0 Å². The number of hydrogen-bond acceptors (Lipinski definition) is 3. The van der Waals surface area contributed by atoms with Crippen LogP contribution in [0.4, 0.5) is 0 Å². The van der Waals surface area contributed by atoms with Gasteiger partial charge in [0.1, 0.15) is 11.9 Å². The maximum absolute atomic E-state index is 12.4. The number of rotatable bonds is 5. The molecular weight excluding hydrogens is 452 g/mol. The first-order valence-electron chi connectivity index (χ1n) is 12.6. The van der Waals surface area contributed by atoms with E-state index in [0.29, 0.717) is 40.7 Å². The smallest absolute Gasteiger partial charge is 0.306 e. The van der Waals surface area contributed by atoms with Crippen LogP contribution in [0.1, 0.15) is 92.4 Å². The fourth-order valence-electron chi connectivity index (χ4n) is 7.99. The molecular formula is C27H41BrO3. The van der Waals surface area contributed by atoms with Crippen LogP contribution in [-0.2, 0) is 14.3 Å². The molecule has 0 saturated heterocycles. The van der Waals surface area contributed by atoms with Crippen LogP contribution in [0.2, 0.25) is 0 Å². The van der Waals surface area contributed by atoms with Gasteiger partial charge < -0.3 is 4.74 Å². The molecule has 4 heteroatoms. The minimum absolute atomic E-state index is 0.0263. The van der Waals surface area contributed by atoms with Crippen molar-refractivity contribution in [2.75, 3.05) is 0 Å². The van der Waals surface area contributed by atoms with Crippen LogP contribution < -0.4 is 0 Å². The van der Waals surface area contributed by atoms with Crippen molar-refractivity contribution in [1.29, 1.82) is 0 Å². The zero-order valence-electron chi connectivity index (χ0n) is 20.1. The Balaban J connectivity index is 1.51. The van der Waals surface area contributed by atoms with Crippen LogP contribution >= 0.6 is 15.9 Å². The van der Waals surface area contributed by atoms with E-state index in [4.69, 9.17) is 4.74 Å². The summed E-state index contributed by atoms with van der Waals surface area (Å²) >= 11 is 4.08. The van der Waals surface area contributed by atoms with Crippen molar-refractivity contribution in [3.8, 4) is 0 Å². The monoisotopic (exact) mass is 492 g/mol. The maximum Gasteiger partial charge on any atom is 0.306 e. The highest BCUT2D eigenvalue weighted by Crippen LogP contribution is 2.67. The van der Waals surface area contributed by atoms with E-state index in [2.05, 4.69) is 49.7 Å². The molecule has 0 aromatic rings. The molecule has 0 spiro atoms. The molecule has 0 radical (unpaired) electrons. The molecule has 4 aliphatic carbocycles. The Labute approximate surface area is 197 Å². The molecule has 3 saturated carbocycles. The van der Waals surface area contributed by atoms with Crippen LogP contribution in [-0.4, -0.2) is 22.7 Å². The molecule has 0 amide bonds. The maximum atomic E-state index is 12.4. The summed E-state index contributed by atoms with van der Waals surface area (Å²) in [5.41, 5.74) is 1.89. The lowest BCUT2D eigenvalue weighted by Gasteiger charge is -2.59. The zero-order chi connectivity index (χ0) is 22.6. The quantitative estimate of drug-likeness (QED) is 0.238. The Morgan fingerprint density at radius 3 is 2.55 bits per heavy atom. The van der Waals surface area contributed by atoms with Crippen LogP contribution in [0.15, 0.2) is 11.6 Å². The molecule has 3 fully saturated rings. The fourth-order valence-corrected chi connectivity index (χ4v) is 9.05. The summed E-state index contributed by atoms with van der Waals surface area (Å²) in [7, 11) is 0. The normalized spacial score (nSPS) is 44.2. The van der Waals surface area contributed by atoms with Gasteiger partial charge in [-0.1, -0.05) is 55.3 Å². The third kappa shape index (κ3) is 4.08. The highest BCUT2D eigenvalue weighted by Gasteiger charge is 2.61. The highest BCUT2D eigenvalue weighted by molar-refractivity contribution is 9.09. The van der Waals surface area contributed by atoms with Gasteiger partial charge in [0.05, 0.1) is 0 Å². The van der Waals surface area contributed by atoms with E-state index in [1.165, 1.54) is 24.8 Å². The number of hydrogen-bond donors (Lipinski definition) is 0. The Morgan fingerprint density at radius 1 is 1.13 bits per heavy atom. The third-order valence-corrected chi connectivity index (χ3v) is 10.6. The molecule has 4 aliphatic rings. The summed E-state index contributed by atoms with van der Waals surface area (Å²) in [5, 5.41) is 0. The van der Waals surface area contributed by atoms with Gasteiger partial charge in [0, 0.05) is 23.6 Å². The van der Waals surface area contributed by atoms with Gasteiger partial charge in [0.25, 0.3) is 0 Å². The van der Waals surface area contributed by atoms with Gasteiger partial charge in [-0.2, -0.15) is 0 Å². The number of halogens is 1. The molecule has 4 rings (SSSR count). The molecule has 3 nitrogen and oxygen atoms in total.